The van der Waals surface area contributed by atoms with Crippen molar-refractivity contribution < 1.29 is 9.18 Å². The maximum atomic E-state index is 12.6. The molecule has 7 heteroatoms. The van der Waals surface area contributed by atoms with Gasteiger partial charge in [0.05, 0.1) is 16.9 Å². The number of hydrogen-bond donors (Lipinski definition) is 0. The van der Waals surface area contributed by atoms with E-state index in [9.17, 15) is 18.8 Å². The van der Waals surface area contributed by atoms with Crippen LogP contribution in [0.2, 0.25) is 0 Å². The van der Waals surface area contributed by atoms with Crippen LogP contribution in [0.4, 0.5) is 4.39 Å². The van der Waals surface area contributed by atoms with Gasteiger partial charge in [-0.05, 0) is 38.2 Å². The van der Waals surface area contributed by atoms with Crippen LogP contribution in [0.3, 0.4) is 0 Å². The Hall–Kier alpha value is -1.76. The van der Waals surface area contributed by atoms with Gasteiger partial charge in [-0.2, -0.15) is 0 Å². The lowest BCUT2D eigenvalue weighted by Gasteiger charge is -2.11. The Morgan fingerprint density at radius 2 is 2.05 bits per heavy atom. The number of unbranched alkanes of at least 4 members (excludes halogenated alkanes) is 1. The Bertz CT molecular complexity index is 845. The molecule has 0 N–H and O–H groups in total. The standard InChI is InChI=1S/C15H17FN2O3S/c1-9-11(8-19)22-14-12(9)13(20)18(10-4-5-10)15(21)17(14)7-3-2-6-16/h8,10H,2-7H2,1H3. The summed E-state index contributed by atoms with van der Waals surface area (Å²) in [7, 11) is 0. The maximum absolute atomic E-state index is 12.6. The number of carbonyl (C=O) groups excluding carboxylic acids is 1. The first-order chi connectivity index (χ1) is 10.6. The van der Waals surface area contributed by atoms with Crippen molar-refractivity contribution in [1.82, 2.24) is 9.13 Å². The van der Waals surface area contributed by atoms with E-state index in [-0.39, 0.29) is 17.3 Å². The Labute approximate surface area is 130 Å². The molecule has 1 aliphatic rings. The SMILES string of the molecule is Cc1c(C=O)sc2c1c(=O)n(C1CC1)c(=O)n2CCCCF. The molecule has 3 rings (SSSR count). The van der Waals surface area contributed by atoms with Gasteiger partial charge in [-0.25, -0.2) is 4.79 Å². The zero-order valence-electron chi connectivity index (χ0n) is 12.3. The lowest BCUT2D eigenvalue weighted by molar-refractivity contribution is 0.112. The van der Waals surface area contributed by atoms with Crippen LogP contribution >= 0.6 is 11.3 Å². The highest BCUT2D eigenvalue weighted by molar-refractivity contribution is 7.20. The molecule has 22 heavy (non-hydrogen) atoms. The molecule has 0 bridgehead atoms. The molecule has 2 aromatic rings. The van der Waals surface area contributed by atoms with E-state index in [1.54, 1.807) is 6.92 Å². The summed E-state index contributed by atoms with van der Waals surface area (Å²) in [5.74, 6) is 0. The highest BCUT2D eigenvalue weighted by atomic mass is 32.1. The molecule has 2 heterocycles. The van der Waals surface area contributed by atoms with Gasteiger partial charge in [0, 0.05) is 12.6 Å². The fourth-order valence-corrected chi connectivity index (χ4v) is 3.84. The second-order valence-electron chi connectivity index (χ2n) is 5.63. The van der Waals surface area contributed by atoms with Crippen molar-refractivity contribution in [1.29, 1.82) is 0 Å². The smallest absolute Gasteiger partial charge is 0.297 e. The number of thiophene rings is 1. The first kappa shape index (κ1) is 15.1. The summed E-state index contributed by atoms with van der Waals surface area (Å²) in [5, 5.41) is 0.457. The van der Waals surface area contributed by atoms with Gasteiger partial charge in [0.1, 0.15) is 4.83 Å². The number of alkyl halides is 1. The number of fused-ring (bicyclic) bond motifs is 1. The van der Waals surface area contributed by atoms with Gasteiger partial charge in [-0.3, -0.25) is 23.1 Å². The second-order valence-corrected chi connectivity index (χ2v) is 6.66. The van der Waals surface area contributed by atoms with Crippen LogP contribution in [-0.2, 0) is 6.54 Å². The summed E-state index contributed by atoms with van der Waals surface area (Å²) >= 11 is 1.17. The topological polar surface area (TPSA) is 61.1 Å². The summed E-state index contributed by atoms with van der Waals surface area (Å²) in [5.41, 5.74) is -0.00251. The van der Waals surface area contributed by atoms with Crippen LogP contribution in [0.5, 0.6) is 0 Å². The molecule has 0 saturated heterocycles. The summed E-state index contributed by atoms with van der Waals surface area (Å²) in [6.45, 7) is 1.67. The fourth-order valence-electron chi connectivity index (χ4n) is 2.71. The Morgan fingerprint density at radius 1 is 1.32 bits per heavy atom. The van der Waals surface area contributed by atoms with E-state index < -0.39 is 6.67 Å². The molecule has 1 saturated carbocycles. The summed E-state index contributed by atoms with van der Waals surface area (Å²) in [4.78, 5) is 37.4. The molecule has 0 spiro atoms. The van der Waals surface area contributed by atoms with Gasteiger partial charge in [0.2, 0.25) is 0 Å². The zero-order valence-corrected chi connectivity index (χ0v) is 13.1. The molecule has 0 atom stereocenters. The summed E-state index contributed by atoms with van der Waals surface area (Å²) in [6, 6.07) is -0.0317. The van der Waals surface area contributed by atoms with Gasteiger partial charge in [0.15, 0.2) is 6.29 Å². The number of hydrogen-bond acceptors (Lipinski definition) is 4. The molecule has 2 aromatic heterocycles. The average molecular weight is 324 g/mol. The largest absolute Gasteiger partial charge is 0.332 e. The number of halogens is 1. The third-order valence-electron chi connectivity index (χ3n) is 4.06. The van der Waals surface area contributed by atoms with E-state index in [1.165, 1.54) is 20.5 Å². The first-order valence-electron chi connectivity index (χ1n) is 7.39. The number of aryl methyl sites for hydroxylation is 2. The molecule has 0 aliphatic heterocycles. The maximum Gasteiger partial charge on any atom is 0.332 e. The van der Waals surface area contributed by atoms with E-state index in [0.717, 1.165) is 19.1 Å². The summed E-state index contributed by atoms with van der Waals surface area (Å²) in [6.07, 6.45) is 3.28. The Balaban J connectivity index is 2.28. The lowest BCUT2D eigenvalue weighted by Crippen LogP contribution is -2.39. The third-order valence-corrected chi connectivity index (χ3v) is 5.30. The molecule has 0 aromatic carbocycles. The number of rotatable bonds is 6. The highest BCUT2D eigenvalue weighted by Gasteiger charge is 2.30. The van der Waals surface area contributed by atoms with Gasteiger partial charge >= 0.3 is 5.69 Å². The van der Waals surface area contributed by atoms with Crippen LogP contribution in [0.15, 0.2) is 9.59 Å². The van der Waals surface area contributed by atoms with Crippen molar-refractivity contribution in [2.24, 2.45) is 0 Å². The van der Waals surface area contributed by atoms with Crippen LogP contribution in [0, 0.1) is 6.92 Å². The fraction of sp³-hybridized carbons (Fsp3) is 0.533. The predicted molar refractivity (Wildman–Crippen MR) is 83.9 cm³/mol. The van der Waals surface area contributed by atoms with Crippen LogP contribution in [0.1, 0.15) is 47.0 Å². The molecule has 118 valence electrons. The summed E-state index contributed by atoms with van der Waals surface area (Å²) < 4.78 is 15.2. The molecule has 0 amide bonds. The zero-order chi connectivity index (χ0) is 15.9. The molecule has 1 aliphatic carbocycles. The van der Waals surface area contributed by atoms with Gasteiger partial charge in [-0.15, -0.1) is 11.3 Å². The molecule has 1 fully saturated rings. The highest BCUT2D eigenvalue weighted by Crippen LogP contribution is 2.34. The van der Waals surface area contributed by atoms with Crippen molar-refractivity contribution >= 4 is 27.8 Å². The number of aldehydes is 1. The van der Waals surface area contributed by atoms with Crippen molar-refractivity contribution in [2.75, 3.05) is 6.67 Å². The minimum atomic E-state index is -0.427. The molecule has 5 nitrogen and oxygen atoms in total. The van der Waals surface area contributed by atoms with Crippen LogP contribution < -0.4 is 11.2 Å². The third kappa shape index (κ3) is 2.33. The van der Waals surface area contributed by atoms with E-state index in [1.807, 2.05) is 0 Å². The van der Waals surface area contributed by atoms with Gasteiger partial charge in [0.25, 0.3) is 5.56 Å². The van der Waals surface area contributed by atoms with Crippen LogP contribution in [0.25, 0.3) is 10.2 Å². The van der Waals surface area contributed by atoms with Crippen molar-refractivity contribution in [3.05, 3.63) is 31.3 Å². The lowest BCUT2D eigenvalue weighted by atomic mass is 10.2. The number of nitrogens with zero attached hydrogens (tertiary/aromatic N) is 2. The molecular weight excluding hydrogens is 307 g/mol. The minimum absolute atomic E-state index is 0.0317. The first-order valence-corrected chi connectivity index (χ1v) is 8.21. The quantitative estimate of drug-likeness (QED) is 0.606. The van der Waals surface area contributed by atoms with Crippen LogP contribution in [-0.4, -0.2) is 22.1 Å². The number of aromatic nitrogens is 2. The van der Waals surface area contributed by atoms with E-state index in [0.29, 0.717) is 40.0 Å². The molecule has 0 radical (unpaired) electrons. The second kappa shape index (κ2) is 5.79. The van der Waals surface area contributed by atoms with E-state index >= 15 is 0 Å². The Morgan fingerprint density at radius 3 is 2.64 bits per heavy atom. The molecular formula is C15H17FN2O3S. The van der Waals surface area contributed by atoms with Crippen molar-refractivity contribution in [2.45, 2.75) is 45.2 Å². The van der Waals surface area contributed by atoms with Gasteiger partial charge < -0.3 is 0 Å². The molecule has 0 unspecified atom stereocenters. The van der Waals surface area contributed by atoms with E-state index in [4.69, 9.17) is 0 Å². The minimum Gasteiger partial charge on any atom is -0.297 e. The monoisotopic (exact) mass is 324 g/mol. The normalized spacial score (nSPS) is 14.6. The van der Waals surface area contributed by atoms with Gasteiger partial charge in [-0.1, -0.05) is 0 Å². The number of carbonyl (C=O) groups is 1. The predicted octanol–water partition coefficient (Wildman–Crippen LogP) is 2.43. The average Bonchev–Trinajstić information content (AvgIpc) is 3.26. The Kier molecular flexibility index (Phi) is 3.99. The van der Waals surface area contributed by atoms with E-state index in [2.05, 4.69) is 0 Å². The van der Waals surface area contributed by atoms with Crippen molar-refractivity contribution in [3.63, 3.8) is 0 Å². The van der Waals surface area contributed by atoms with Crippen molar-refractivity contribution in [3.8, 4) is 0 Å².